The molecule has 1 atom stereocenters. The minimum atomic E-state index is -0.173. The third-order valence-electron chi connectivity index (χ3n) is 4.82. The van der Waals surface area contributed by atoms with Crippen molar-refractivity contribution in [3.05, 3.63) is 42.4 Å². The molecule has 0 saturated heterocycles. The number of rotatable bonds is 9. The van der Waals surface area contributed by atoms with Crippen LogP contribution in [0.1, 0.15) is 44.0 Å². The third-order valence-corrected chi connectivity index (χ3v) is 4.82. The lowest BCUT2D eigenvalue weighted by Gasteiger charge is -2.10. The van der Waals surface area contributed by atoms with Gasteiger partial charge in [-0.3, -0.25) is 4.79 Å². The maximum atomic E-state index is 11.2. The fourth-order valence-electron chi connectivity index (χ4n) is 3.20. The lowest BCUT2D eigenvalue weighted by atomic mass is 10.1. The Kier molecular flexibility index (Phi) is 6.60. The predicted octanol–water partition coefficient (Wildman–Crippen LogP) is 3.33. The van der Waals surface area contributed by atoms with Crippen molar-refractivity contribution in [3.63, 3.8) is 0 Å². The molecule has 0 aliphatic carbocycles. The average Bonchev–Trinajstić information content (AvgIpc) is 3.22. The highest BCUT2D eigenvalue weighted by molar-refractivity contribution is 5.85. The minimum Gasteiger partial charge on any atom is -0.480 e. The highest BCUT2D eigenvalue weighted by Gasteiger charge is 2.15. The van der Waals surface area contributed by atoms with Crippen molar-refractivity contribution in [3.8, 4) is 17.1 Å². The van der Waals surface area contributed by atoms with Crippen LogP contribution in [-0.2, 0) is 4.79 Å². The lowest BCUT2D eigenvalue weighted by molar-refractivity contribution is -0.120. The number of benzene rings is 1. The van der Waals surface area contributed by atoms with Gasteiger partial charge in [0.15, 0.2) is 0 Å². The lowest BCUT2D eigenvalue weighted by Crippen LogP contribution is -2.17. The number of methoxy groups -OCH3 is 1. The van der Waals surface area contributed by atoms with E-state index in [1.165, 1.54) is 0 Å². The van der Waals surface area contributed by atoms with Crippen LogP contribution in [0.4, 0.5) is 0 Å². The molecule has 1 aromatic carbocycles. The summed E-state index contributed by atoms with van der Waals surface area (Å²) in [5, 5.41) is 3.67. The number of nitrogens with two attached hydrogens (primary N) is 1. The normalized spacial score (nSPS) is 12.1. The van der Waals surface area contributed by atoms with E-state index in [0.29, 0.717) is 12.3 Å². The molecule has 0 aliphatic rings. The second-order valence-corrected chi connectivity index (χ2v) is 6.80. The zero-order valence-electron chi connectivity index (χ0n) is 16.4. The summed E-state index contributed by atoms with van der Waals surface area (Å²) in [5.74, 6) is 1.38. The molecule has 4 N–H and O–H groups in total. The molecule has 3 aromatic rings. The van der Waals surface area contributed by atoms with Gasteiger partial charge < -0.3 is 20.8 Å². The van der Waals surface area contributed by atoms with Crippen molar-refractivity contribution in [2.24, 2.45) is 5.73 Å². The van der Waals surface area contributed by atoms with E-state index in [1.807, 2.05) is 30.3 Å². The number of imidazole rings is 1. The first-order chi connectivity index (χ1) is 13.6. The Morgan fingerprint density at radius 1 is 1.29 bits per heavy atom. The summed E-state index contributed by atoms with van der Waals surface area (Å²) < 4.78 is 5.48. The molecule has 7 nitrogen and oxygen atoms in total. The maximum absolute atomic E-state index is 11.2. The Balaban J connectivity index is 1.66. The number of fused-ring (bicyclic) bond motifs is 1. The summed E-state index contributed by atoms with van der Waals surface area (Å²) in [6.45, 7) is 0. The van der Waals surface area contributed by atoms with Crippen LogP contribution in [0.3, 0.4) is 0 Å². The van der Waals surface area contributed by atoms with Gasteiger partial charge in [-0.1, -0.05) is 31.0 Å². The second kappa shape index (κ2) is 9.32. The molecule has 2 aromatic heterocycles. The quantitative estimate of drug-likeness (QED) is 0.493. The van der Waals surface area contributed by atoms with Crippen molar-refractivity contribution < 1.29 is 9.53 Å². The van der Waals surface area contributed by atoms with Crippen LogP contribution in [0.2, 0.25) is 0 Å². The molecule has 1 amide bonds. The number of carbonyl (C=O) groups excluding carboxylic acids is 1. The summed E-state index contributed by atoms with van der Waals surface area (Å²) in [7, 11) is 3.27. The zero-order chi connectivity index (χ0) is 19.9. The SMILES string of the molecule is CNC(=O)CCCCC[C@H](N)c1ncc(-c2cc3ccccc3nc2OC)[nH]1. The van der Waals surface area contributed by atoms with Gasteiger partial charge in [-0.25, -0.2) is 9.97 Å². The molecular weight excluding hydrogens is 354 g/mol. The number of pyridine rings is 1. The van der Waals surface area contributed by atoms with Gasteiger partial charge in [0.2, 0.25) is 11.8 Å². The summed E-state index contributed by atoms with van der Waals surface area (Å²) >= 11 is 0. The highest BCUT2D eigenvalue weighted by Crippen LogP contribution is 2.31. The van der Waals surface area contributed by atoms with Crippen LogP contribution < -0.4 is 15.8 Å². The van der Waals surface area contributed by atoms with Gasteiger partial charge in [-0.15, -0.1) is 0 Å². The number of H-pyrrole nitrogens is 1. The van der Waals surface area contributed by atoms with E-state index in [4.69, 9.17) is 10.5 Å². The van der Waals surface area contributed by atoms with Gasteiger partial charge in [0.05, 0.1) is 36.1 Å². The van der Waals surface area contributed by atoms with Crippen LogP contribution in [0, 0.1) is 0 Å². The molecule has 0 bridgehead atoms. The van der Waals surface area contributed by atoms with Gasteiger partial charge in [0.1, 0.15) is 5.82 Å². The van der Waals surface area contributed by atoms with Crippen LogP contribution >= 0.6 is 0 Å². The molecule has 0 saturated carbocycles. The first-order valence-electron chi connectivity index (χ1n) is 9.57. The third kappa shape index (κ3) is 4.67. The summed E-state index contributed by atoms with van der Waals surface area (Å²) in [6.07, 6.45) is 5.94. The summed E-state index contributed by atoms with van der Waals surface area (Å²) in [4.78, 5) is 23.6. The van der Waals surface area contributed by atoms with Crippen LogP contribution in [0.15, 0.2) is 36.5 Å². The molecule has 7 heteroatoms. The van der Waals surface area contributed by atoms with E-state index < -0.39 is 0 Å². The first-order valence-corrected chi connectivity index (χ1v) is 9.57. The number of nitrogens with one attached hydrogen (secondary N) is 2. The molecule has 148 valence electrons. The number of amides is 1. The predicted molar refractivity (Wildman–Crippen MR) is 110 cm³/mol. The van der Waals surface area contributed by atoms with Crippen molar-refractivity contribution >= 4 is 16.8 Å². The Morgan fingerprint density at radius 2 is 2.11 bits per heavy atom. The molecule has 0 aliphatic heterocycles. The van der Waals surface area contributed by atoms with Crippen LogP contribution in [-0.4, -0.2) is 35.0 Å². The fraction of sp³-hybridized carbons (Fsp3) is 0.381. The number of para-hydroxylation sites is 1. The number of nitrogens with zero attached hydrogens (tertiary/aromatic N) is 2. The van der Waals surface area contributed by atoms with E-state index >= 15 is 0 Å². The molecule has 0 unspecified atom stereocenters. The largest absolute Gasteiger partial charge is 0.480 e. The molecular formula is C21H27N5O2. The molecule has 28 heavy (non-hydrogen) atoms. The standard InChI is InChI=1S/C21H27N5O2/c1-23-19(27)11-5-3-4-9-16(22)20-24-13-18(25-20)15-12-14-8-6-7-10-17(14)26-21(15)28-2/h6-8,10,12-13,16H,3-5,9,11,22H2,1-2H3,(H,23,27)(H,24,25)/t16-/m0/s1. The Bertz CT molecular complexity index is 937. The number of aromatic nitrogens is 3. The van der Waals surface area contributed by atoms with E-state index in [2.05, 4.69) is 20.3 Å². The molecule has 0 fully saturated rings. The Hall–Kier alpha value is -2.93. The number of ether oxygens (including phenoxy) is 1. The summed E-state index contributed by atoms with van der Waals surface area (Å²) in [5.41, 5.74) is 8.87. The van der Waals surface area contributed by atoms with Crippen molar-refractivity contribution in [1.82, 2.24) is 20.3 Å². The van der Waals surface area contributed by atoms with Crippen LogP contribution in [0.5, 0.6) is 5.88 Å². The van der Waals surface area contributed by atoms with Crippen molar-refractivity contribution in [2.75, 3.05) is 14.2 Å². The first kappa shape index (κ1) is 19.8. The molecule has 0 radical (unpaired) electrons. The Labute approximate surface area is 164 Å². The van der Waals surface area contributed by atoms with E-state index in [1.54, 1.807) is 20.4 Å². The van der Waals surface area contributed by atoms with Gasteiger partial charge in [0, 0.05) is 18.9 Å². The second-order valence-electron chi connectivity index (χ2n) is 6.80. The number of hydrogen-bond acceptors (Lipinski definition) is 5. The minimum absolute atomic E-state index is 0.0814. The fourth-order valence-corrected chi connectivity index (χ4v) is 3.20. The highest BCUT2D eigenvalue weighted by atomic mass is 16.5. The zero-order valence-corrected chi connectivity index (χ0v) is 16.4. The van der Waals surface area contributed by atoms with Crippen LogP contribution in [0.25, 0.3) is 22.2 Å². The van der Waals surface area contributed by atoms with Crippen molar-refractivity contribution in [1.29, 1.82) is 0 Å². The molecule has 3 rings (SSSR count). The summed E-state index contributed by atoms with van der Waals surface area (Å²) in [6, 6.07) is 9.79. The van der Waals surface area contributed by atoms with E-state index in [0.717, 1.165) is 53.7 Å². The van der Waals surface area contributed by atoms with E-state index in [-0.39, 0.29) is 11.9 Å². The number of hydrogen-bond donors (Lipinski definition) is 3. The van der Waals surface area contributed by atoms with Gasteiger partial charge in [-0.05, 0) is 25.0 Å². The van der Waals surface area contributed by atoms with E-state index in [9.17, 15) is 4.79 Å². The molecule has 0 spiro atoms. The monoisotopic (exact) mass is 381 g/mol. The van der Waals surface area contributed by atoms with Crippen molar-refractivity contribution in [2.45, 2.75) is 38.1 Å². The number of aromatic amines is 1. The number of carbonyl (C=O) groups is 1. The van der Waals surface area contributed by atoms with Gasteiger partial charge in [-0.2, -0.15) is 0 Å². The Morgan fingerprint density at radius 3 is 2.89 bits per heavy atom. The maximum Gasteiger partial charge on any atom is 0.223 e. The van der Waals surface area contributed by atoms with Gasteiger partial charge >= 0.3 is 0 Å². The number of unbranched alkanes of at least 4 members (excludes halogenated alkanes) is 2. The topological polar surface area (TPSA) is 106 Å². The molecule has 2 heterocycles. The smallest absolute Gasteiger partial charge is 0.223 e. The average molecular weight is 381 g/mol. The van der Waals surface area contributed by atoms with Gasteiger partial charge in [0.25, 0.3) is 0 Å².